The maximum absolute atomic E-state index is 12.3. The molecular weight excluding hydrogens is 280 g/mol. The highest BCUT2D eigenvalue weighted by Crippen LogP contribution is 2.32. The Bertz CT molecular complexity index is 396. The molecule has 0 aromatic carbocycles. The molecule has 1 saturated carbocycles. The molecule has 1 aromatic rings. The third-order valence-corrected chi connectivity index (χ3v) is 3.20. The van der Waals surface area contributed by atoms with Crippen LogP contribution in [0.4, 0.5) is 0 Å². The number of aromatic nitrogens is 1. The first-order chi connectivity index (χ1) is 7.98. The van der Waals surface area contributed by atoms with Crippen molar-refractivity contribution in [2.24, 2.45) is 0 Å². The molecule has 0 unspecified atom stereocenters. The highest BCUT2D eigenvalue weighted by atomic mass is 79.9. The molecule has 0 bridgehead atoms. The Morgan fingerprint density at radius 1 is 1.47 bits per heavy atom. The van der Waals surface area contributed by atoms with Crippen LogP contribution in [0.3, 0.4) is 0 Å². The monoisotopic (exact) mass is 296 g/mol. The number of hydrogen-bond donors (Lipinski definition) is 0. The van der Waals surface area contributed by atoms with E-state index in [4.69, 9.17) is 0 Å². The summed E-state index contributed by atoms with van der Waals surface area (Å²) in [5.41, 5.74) is 1.14. The summed E-state index contributed by atoms with van der Waals surface area (Å²) < 4.78 is -0.484. The maximum atomic E-state index is 12.3. The minimum absolute atomic E-state index is 0.164. The van der Waals surface area contributed by atoms with E-state index in [1.807, 2.05) is 30.9 Å². The van der Waals surface area contributed by atoms with Gasteiger partial charge in [-0.3, -0.25) is 9.78 Å². The van der Waals surface area contributed by atoms with Crippen molar-refractivity contribution < 1.29 is 4.79 Å². The molecule has 4 heteroatoms. The van der Waals surface area contributed by atoms with E-state index in [9.17, 15) is 4.79 Å². The predicted molar refractivity (Wildman–Crippen MR) is 70.8 cm³/mol. The van der Waals surface area contributed by atoms with E-state index in [1.54, 1.807) is 12.4 Å². The van der Waals surface area contributed by atoms with Crippen molar-refractivity contribution in [3.05, 3.63) is 30.1 Å². The van der Waals surface area contributed by atoms with Gasteiger partial charge >= 0.3 is 0 Å². The first kappa shape index (κ1) is 12.6. The van der Waals surface area contributed by atoms with E-state index < -0.39 is 4.32 Å². The molecule has 1 aromatic heterocycles. The minimum atomic E-state index is -0.484. The number of rotatable bonds is 4. The molecule has 1 aliphatic rings. The molecule has 1 aliphatic carbocycles. The second-order valence-corrected chi connectivity index (χ2v) is 6.97. The topological polar surface area (TPSA) is 33.2 Å². The predicted octanol–water partition coefficient (Wildman–Crippen LogP) is 2.75. The zero-order chi connectivity index (χ0) is 12.5. The Hall–Kier alpha value is -0.900. The molecule has 0 spiro atoms. The number of carbonyl (C=O) groups is 1. The van der Waals surface area contributed by atoms with Crippen LogP contribution in [0.15, 0.2) is 24.5 Å². The van der Waals surface area contributed by atoms with Crippen LogP contribution >= 0.6 is 15.9 Å². The van der Waals surface area contributed by atoms with Crippen LogP contribution in [0, 0.1) is 0 Å². The molecule has 1 heterocycles. The lowest BCUT2D eigenvalue weighted by atomic mass is 10.1. The summed E-state index contributed by atoms with van der Waals surface area (Å²) in [5.74, 6) is 0.164. The van der Waals surface area contributed by atoms with Gasteiger partial charge in [0.1, 0.15) is 0 Å². The SMILES string of the molecule is CC(C)(Br)C(=O)N(Cc1ccncc1)C1CC1. The summed E-state index contributed by atoms with van der Waals surface area (Å²) in [6, 6.07) is 4.35. The van der Waals surface area contributed by atoms with E-state index in [-0.39, 0.29) is 5.91 Å². The first-order valence-electron chi connectivity index (χ1n) is 5.87. The van der Waals surface area contributed by atoms with Crippen LogP contribution in [0.25, 0.3) is 0 Å². The zero-order valence-electron chi connectivity index (χ0n) is 10.2. The molecular formula is C13H17BrN2O. The van der Waals surface area contributed by atoms with Gasteiger partial charge in [0.05, 0.1) is 4.32 Å². The van der Waals surface area contributed by atoms with Gasteiger partial charge in [0.15, 0.2) is 0 Å². The second-order valence-electron chi connectivity index (χ2n) is 4.99. The molecule has 2 rings (SSSR count). The number of halogens is 1. The summed E-state index contributed by atoms with van der Waals surface area (Å²) in [6.45, 7) is 4.48. The first-order valence-corrected chi connectivity index (χ1v) is 6.66. The van der Waals surface area contributed by atoms with Crippen molar-refractivity contribution in [3.8, 4) is 0 Å². The maximum Gasteiger partial charge on any atom is 0.239 e. The van der Waals surface area contributed by atoms with Crippen molar-refractivity contribution in [1.82, 2.24) is 9.88 Å². The Balaban J connectivity index is 2.11. The molecule has 0 N–H and O–H groups in total. The van der Waals surface area contributed by atoms with Gasteiger partial charge in [-0.25, -0.2) is 0 Å². The molecule has 0 radical (unpaired) electrons. The number of pyridine rings is 1. The van der Waals surface area contributed by atoms with Crippen LogP contribution < -0.4 is 0 Å². The van der Waals surface area contributed by atoms with E-state index >= 15 is 0 Å². The van der Waals surface area contributed by atoms with Gasteiger partial charge in [-0.1, -0.05) is 15.9 Å². The van der Waals surface area contributed by atoms with Crippen LogP contribution in [0.1, 0.15) is 32.3 Å². The Morgan fingerprint density at radius 3 is 2.53 bits per heavy atom. The smallest absolute Gasteiger partial charge is 0.239 e. The van der Waals surface area contributed by atoms with Crippen molar-refractivity contribution in [2.45, 2.75) is 43.6 Å². The third-order valence-electron chi connectivity index (χ3n) is 2.86. The van der Waals surface area contributed by atoms with Gasteiger partial charge in [-0.05, 0) is 44.4 Å². The fourth-order valence-electron chi connectivity index (χ4n) is 1.78. The van der Waals surface area contributed by atoms with Crippen molar-refractivity contribution in [3.63, 3.8) is 0 Å². The summed E-state index contributed by atoms with van der Waals surface area (Å²) in [6.07, 6.45) is 5.79. The van der Waals surface area contributed by atoms with Gasteiger partial charge in [-0.15, -0.1) is 0 Å². The summed E-state index contributed by atoms with van der Waals surface area (Å²) in [7, 11) is 0. The van der Waals surface area contributed by atoms with Gasteiger partial charge in [-0.2, -0.15) is 0 Å². The molecule has 3 nitrogen and oxygen atoms in total. The fourth-order valence-corrected chi connectivity index (χ4v) is 2.01. The van der Waals surface area contributed by atoms with E-state index in [1.165, 1.54) is 0 Å². The molecule has 0 atom stereocenters. The van der Waals surface area contributed by atoms with Crippen molar-refractivity contribution in [2.75, 3.05) is 0 Å². The van der Waals surface area contributed by atoms with Gasteiger partial charge in [0.25, 0.3) is 0 Å². The lowest BCUT2D eigenvalue weighted by Crippen LogP contribution is -2.42. The molecule has 0 saturated heterocycles. The molecule has 0 aliphatic heterocycles. The quantitative estimate of drug-likeness (QED) is 0.801. The standard InChI is InChI=1S/C13H17BrN2O/c1-13(2,14)12(17)16(11-3-4-11)9-10-5-7-15-8-6-10/h5-8,11H,3-4,9H2,1-2H3. The van der Waals surface area contributed by atoms with Crippen LogP contribution in [-0.2, 0) is 11.3 Å². The van der Waals surface area contributed by atoms with Crippen LogP contribution in [-0.4, -0.2) is 26.2 Å². The number of carbonyl (C=O) groups excluding carboxylic acids is 1. The molecule has 17 heavy (non-hydrogen) atoms. The molecule has 92 valence electrons. The van der Waals surface area contributed by atoms with Crippen molar-refractivity contribution in [1.29, 1.82) is 0 Å². The number of amides is 1. The summed E-state index contributed by atoms with van der Waals surface area (Å²) in [4.78, 5) is 18.3. The number of hydrogen-bond acceptors (Lipinski definition) is 2. The average Bonchev–Trinajstić information content (AvgIpc) is 3.09. The lowest BCUT2D eigenvalue weighted by molar-refractivity contribution is -0.134. The lowest BCUT2D eigenvalue weighted by Gasteiger charge is -2.28. The molecule has 1 fully saturated rings. The highest BCUT2D eigenvalue weighted by Gasteiger charge is 2.38. The van der Waals surface area contributed by atoms with Crippen molar-refractivity contribution >= 4 is 21.8 Å². The summed E-state index contributed by atoms with van der Waals surface area (Å²) in [5, 5.41) is 0. The number of alkyl halides is 1. The zero-order valence-corrected chi connectivity index (χ0v) is 11.8. The van der Waals surface area contributed by atoms with Gasteiger partial charge < -0.3 is 4.90 Å². The van der Waals surface area contributed by atoms with Crippen LogP contribution in [0.2, 0.25) is 0 Å². The highest BCUT2D eigenvalue weighted by molar-refractivity contribution is 9.10. The van der Waals surface area contributed by atoms with Gasteiger partial charge in [0, 0.05) is 25.0 Å². The Morgan fingerprint density at radius 2 is 2.06 bits per heavy atom. The Kier molecular flexibility index (Phi) is 3.52. The van der Waals surface area contributed by atoms with E-state index in [0.29, 0.717) is 12.6 Å². The fraction of sp³-hybridized carbons (Fsp3) is 0.538. The normalized spacial score (nSPS) is 15.7. The second kappa shape index (κ2) is 4.77. The van der Waals surface area contributed by atoms with E-state index in [2.05, 4.69) is 20.9 Å². The largest absolute Gasteiger partial charge is 0.334 e. The molecule has 1 amide bonds. The summed E-state index contributed by atoms with van der Waals surface area (Å²) >= 11 is 3.45. The van der Waals surface area contributed by atoms with Gasteiger partial charge in [0.2, 0.25) is 5.91 Å². The van der Waals surface area contributed by atoms with Crippen LogP contribution in [0.5, 0.6) is 0 Å². The Labute approximate surface area is 110 Å². The number of nitrogens with zero attached hydrogens (tertiary/aromatic N) is 2. The minimum Gasteiger partial charge on any atom is -0.334 e. The van der Waals surface area contributed by atoms with E-state index in [0.717, 1.165) is 18.4 Å². The average molecular weight is 297 g/mol. The third kappa shape index (κ3) is 3.28.